The molecule has 1 unspecified atom stereocenters. The average molecular weight is 260 g/mol. The van der Waals surface area contributed by atoms with Crippen LogP contribution in [0, 0.1) is 0 Å². The van der Waals surface area contributed by atoms with E-state index in [2.05, 4.69) is 35.9 Å². The summed E-state index contributed by atoms with van der Waals surface area (Å²) in [6.07, 6.45) is 2.13. The molecule has 2 heteroatoms. The largest absolute Gasteiger partial charge is 0.0845 e. The average Bonchev–Trinajstić information content (AvgIpc) is 2.04. The molecule has 1 atom stereocenters. The first-order chi connectivity index (χ1) is 6.09. The van der Waals surface area contributed by atoms with Crippen LogP contribution in [0.5, 0.6) is 0 Å². The van der Waals surface area contributed by atoms with Gasteiger partial charge in [0.25, 0.3) is 0 Å². The first kappa shape index (κ1) is 10.8. The van der Waals surface area contributed by atoms with E-state index in [9.17, 15) is 0 Å². The van der Waals surface area contributed by atoms with Gasteiger partial charge in [-0.1, -0.05) is 51.3 Å². The van der Waals surface area contributed by atoms with Crippen molar-refractivity contribution in [3.63, 3.8) is 0 Å². The maximum absolute atomic E-state index is 5.87. The van der Waals surface area contributed by atoms with Gasteiger partial charge in [0.15, 0.2) is 0 Å². The molecule has 0 nitrogen and oxygen atoms in total. The van der Waals surface area contributed by atoms with Gasteiger partial charge in [-0.05, 0) is 31.5 Å². The third-order valence-electron chi connectivity index (χ3n) is 1.87. The normalized spacial score (nSPS) is 14.3. The summed E-state index contributed by atoms with van der Waals surface area (Å²) in [7, 11) is 0. The fourth-order valence-corrected chi connectivity index (χ4v) is 1.30. The van der Waals surface area contributed by atoms with E-state index >= 15 is 0 Å². The van der Waals surface area contributed by atoms with Crippen molar-refractivity contribution in [3.8, 4) is 0 Å². The fourth-order valence-electron chi connectivity index (χ4n) is 0.974. The van der Waals surface area contributed by atoms with Crippen LogP contribution < -0.4 is 0 Å². The molecule has 0 amide bonds. The van der Waals surface area contributed by atoms with Gasteiger partial charge >= 0.3 is 0 Å². The zero-order valence-electron chi connectivity index (χ0n) is 7.72. The van der Waals surface area contributed by atoms with Crippen molar-refractivity contribution < 1.29 is 0 Å². The molecule has 0 aliphatic heterocycles. The molecule has 13 heavy (non-hydrogen) atoms. The van der Waals surface area contributed by atoms with Gasteiger partial charge in [-0.3, -0.25) is 0 Å². The number of hydrogen-bond donors (Lipinski definition) is 0. The molecule has 70 valence electrons. The van der Waals surface area contributed by atoms with E-state index in [1.165, 1.54) is 5.57 Å². The van der Waals surface area contributed by atoms with Crippen LogP contribution in [0.3, 0.4) is 0 Å². The number of halogens is 2. The smallest absolute Gasteiger partial charge is 0.0411 e. The number of benzene rings is 1. The Labute approximate surface area is 92.7 Å². The van der Waals surface area contributed by atoms with Crippen LogP contribution in [0.15, 0.2) is 29.8 Å². The summed E-state index contributed by atoms with van der Waals surface area (Å²) >= 11 is 9.38. The topological polar surface area (TPSA) is 0 Å². The standard InChI is InChI=1S/C11H12BrCl/c1-8(9(2)12)6-10-4-3-5-11(13)7-10/h3-7,9H,1-2H3/b8-6+. The van der Waals surface area contributed by atoms with Gasteiger partial charge in [-0.2, -0.15) is 0 Å². The first-order valence-corrected chi connectivity index (χ1v) is 5.47. The van der Waals surface area contributed by atoms with Gasteiger partial charge in [0.1, 0.15) is 0 Å². The molecule has 0 radical (unpaired) electrons. The van der Waals surface area contributed by atoms with Gasteiger partial charge in [0.05, 0.1) is 0 Å². The summed E-state index contributed by atoms with van der Waals surface area (Å²) in [5.41, 5.74) is 2.44. The molecule has 1 aromatic carbocycles. The highest BCUT2D eigenvalue weighted by molar-refractivity contribution is 9.09. The molecule has 0 N–H and O–H groups in total. The second-order valence-corrected chi connectivity index (χ2v) is 4.87. The summed E-state index contributed by atoms with van der Waals surface area (Å²) in [4.78, 5) is 0.409. The monoisotopic (exact) mass is 258 g/mol. The zero-order valence-corrected chi connectivity index (χ0v) is 10.1. The fraction of sp³-hybridized carbons (Fsp3) is 0.273. The minimum absolute atomic E-state index is 0.409. The molecule has 1 rings (SSSR count). The van der Waals surface area contributed by atoms with Crippen LogP contribution in [0.2, 0.25) is 5.02 Å². The van der Waals surface area contributed by atoms with E-state index in [0.29, 0.717) is 4.83 Å². The molecule has 0 spiro atoms. The highest BCUT2D eigenvalue weighted by Gasteiger charge is 1.98. The summed E-state index contributed by atoms with van der Waals surface area (Å²) in [5, 5.41) is 0.781. The Morgan fingerprint density at radius 3 is 2.77 bits per heavy atom. The summed E-state index contributed by atoms with van der Waals surface area (Å²) in [5.74, 6) is 0. The van der Waals surface area contributed by atoms with Crippen LogP contribution in [0.4, 0.5) is 0 Å². The highest BCUT2D eigenvalue weighted by Crippen LogP contribution is 2.17. The predicted octanol–water partition coefficient (Wildman–Crippen LogP) is 4.53. The van der Waals surface area contributed by atoms with Gasteiger partial charge in [-0.25, -0.2) is 0 Å². The molecular weight excluding hydrogens is 247 g/mol. The van der Waals surface area contributed by atoms with E-state index in [0.717, 1.165) is 10.6 Å². The predicted molar refractivity (Wildman–Crippen MR) is 63.5 cm³/mol. The molecular formula is C11H12BrCl. The van der Waals surface area contributed by atoms with Crippen molar-refractivity contribution in [1.29, 1.82) is 0 Å². The summed E-state index contributed by atoms with van der Waals surface area (Å²) < 4.78 is 0. The van der Waals surface area contributed by atoms with Crippen molar-refractivity contribution in [3.05, 3.63) is 40.4 Å². The molecule has 0 fully saturated rings. The van der Waals surface area contributed by atoms with E-state index in [1.807, 2.05) is 24.3 Å². The number of rotatable bonds is 2. The van der Waals surface area contributed by atoms with Crippen LogP contribution in [-0.2, 0) is 0 Å². The molecule has 0 aliphatic rings. The molecule has 0 heterocycles. The van der Waals surface area contributed by atoms with E-state index in [1.54, 1.807) is 0 Å². The maximum atomic E-state index is 5.87. The molecule has 0 aromatic heterocycles. The van der Waals surface area contributed by atoms with Crippen LogP contribution >= 0.6 is 27.5 Å². The molecule has 1 aromatic rings. The van der Waals surface area contributed by atoms with E-state index in [-0.39, 0.29) is 0 Å². The maximum Gasteiger partial charge on any atom is 0.0411 e. The number of alkyl halides is 1. The Kier molecular flexibility index (Phi) is 4.01. The zero-order chi connectivity index (χ0) is 9.84. The quantitative estimate of drug-likeness (QED) is 0.685. The van der Waals surface area contributed by atoms with Crippen LogP contribution in [0.1, 0.15) is 19.4 Å². The van der Waals surface area contributed by atoms with E-state index < -0.39 is 0 Å². The third-order valence-corrected chi connectivity index (χ3v) is 2.83. The van der Waals surface area contributed by atoms with Crippen molar-refractivity contribution in [2.75, 3.05) is 0 Å². The number of hydrogen-bond acceptors (Lipinski definition) is 0. The number of allylic oxidation sites excluding steroid dienone is 1. The van der Waals surface area contributed by atoms with Crippen molar-refractivity contribution in [2.24, 2.45) is 0 Å². The minimum atomic E-state index is 0.409. The van der Waals surface area contributed by atoms with Gasteiger partial charge in [-0.15, -0.1) is 0 Å². The molecule has 0 bridgehead atoms. The van der Waals surface area contributed by atoms with Crippen molar-refractivity contribution in [1.82, 2.24) is 0 Å². The first-order valence-electron chi connectivity index (χ1n) is 4.17. The second-order valence-electron chi connectivity index (χ2n) is 3.06. The Balaban J connectivity index is 2.91. The third kappa shape index (κ3) is 3.53. The SMILES string of the molecule is C/C(=C\c1cccc(Cl)c1)C(C)Br. The lowest BCUT2D eigenvalue weighted by molar-refractivity contribution is 1.16. The van der Waals surface area contributed by atoms with Crippen LogP contribution in [0.25, 0.3) is 6.08 Å². The lowest BCUT2D eigenvalue weighted by Crippen LogP contribution is -1.90. The summed E-state index contributed by atoms with van der Waals surface area (Å²) in [6, 6.07) is 7.84. The Morgan fingerprint density at radius 1 is 1.54 bits per heavy atom. The molecule has 0 saturated heterocycles. The molecule has 0 aliphatic carbocycles. The minimum Gasteiger partial charge on any atom is -0.0845 e. The van der Waals surface area contributed by atoms with E-state index in [4.69, 9.17) is 11.6 Å². The van der Waals surface area contributed by atoms with Gasteiger partial charge < -0.3 is 0 Å². The lowest BCUT2D eigenvalue weighted by Gasteiger charge is -2.03. The Hall–Kier alpha value is -0.270. The van der Waals surface area contributed by atoms with Crippen molar-refractivity contribution in [2.45, 2.75) is 18.7 Å². The van der Waals surface area contributed by atoms with Crippen molar-refractivity contribution >= 4 is 33.6 Å². The summed E-state index contributed by atoms with van der Waals surface area (Å²) in [6.45, 7) is 4.21. The molecule has 0 saturated carbocycles. The Morgan fingerprint density at radius 2 is 2.23 bits per heavy atom. The van der Waals surface area contributed by atoms with Gasteiger partial charge in [0.2, 0.25) is 0 Å². The second kappa shape index (κ2) is 4.83. The highest BCUT2D eigenvalue weighted by atomic mass is 79.9. The Bertz CT molecular complexity index is 316. The van der Waals surface area contributed by atoms with Gasteiger partial charge in [0, 0.05) is 9.85 Å². The van der Waals surface area contributed by atoms with Crippen LogP contribution in [-0.4, -0.2) is 4.83 Å². The lowest BCUT2D eigenvalue weighted by atomic mass is 10.1.